The SMILES string of the molecule is CN1CCc2oc3ccccc3c2CC1. The molecule has 1 aliphatic rings. The van der Waals surface area contributed by atoms with Gasteiger partial charge >= 0.3 is 0 Å². The second kappa shape index (κ2) is 3.38. The van der Waals surface area contributed by atoms with Crippen LogP contribution in [0.25, 0.3) is 11.0 Å². The maximum Gasteiger partial charge on any atom is 0.134 e. The first-order valence-corrected chi connectivity index (χ1v) is 5.52. The molecule has 1 aromatic carbocycles. The Labute approximate surface area is 89.5 Å². The molecule has 78 valence electrons. The molecule has 1 aliphatic heterocycles. The van der Waals surface area contributed by atoms with Crippen LogP contribution in [0.2, 0.25) is 0 Å². The van der Waals surface area contributed by atoms with Crippen LogP contribution < -0.4 is 0 Å². The van der Waals surface area contributed by atoms with Gasteiger partial charge < -0.3 is 9.32 Å². The van der Waals surface area contributed by atoms with E-state index in [1.165, 1.54) is 16.7 Å². The fraction of sp³-hybridized carbons (Fsp3) is 0.385. The number of fused-ring (bicyclic) bond motifs is 3. The van der Waals surface area contributed by atoms with Crippen LogP contribution in [-0.2, 0) is 12.8 Å². The summed E-state index contributed by atoms with van der Waals surface area (Å²) in [4.78, 5) is 2.37. The van der Waals surface area contributed by atoms with Gasteiger partial charge in [0, 0.05) is 30.5 Å². The summed E-state index contributed by atoms with van der Waals surface area (Å²) in [7, 11) is 2.17. The molecule has 0 unspecified atom stereocenters. The predicted octanol–water partition coefficient (Wildman–Crippen LogP) is 2.46. The van der Waals surface area contributed by atoms with E-state index in [4.69, 9.17) is 4.42 Å². The second-order valence-corrected chi connectivity index (χ2v) is 4.30. The van der Waals surface area contributed by atoms with Gasteiger partial charge in [-0.3, -0.25) is 0 Å². The van der Waals surface area contributed by atoms with Crippen molar-refractivity contribution in [1.29, 1.82) is 0 Å². The summed E-state index contributed by atoms with van der Waals surface area (Å²) in [6, 6.07) is 8.36. The number of likely N-dealkylation sites (N-methyl/N-ethyl adjacent to an activating group) is 1. The van der Waals surface area contributed by atoms with Gasteiger partial charge in [-0.05, 0) is 19.5 Å². The number of para-hydroxylation sites is 1. The third kappa shape index (κ3) is 1.45. The van der Waals surface area contributed by atoms with Crippen LogP contribution in [0.4, 0.5) is 0 Å². The molecule has 2 aromatic rings. The molecule has 1 aromatic heterocycles. The average Bonchev–Trinajstić information content (AvgIpc) is 2.51. The van der Waals surface area contributed by atoms with Gasteiger partial charge in [-0.2, -0.15) is 0 Å². The lowest BCUT2D eigenvalue weighted by atomic mass is 10.1. The van der Waals surface area contributed by atoms with Crippen molar-refractivity contribution < 1.29 is 4.42 Å². The molecule has 0 saturated carbocycles. The van der Waals surface area contributed by atoms with Crippen molar-refractivity contribution in [3.05, 3.63) is 35.6 Å². The maximum atomic E-state index is 5.89. The number of nitrogens with zero attached hydrogens (tertiary/aromatic N) is 1. The fourth-order valence-electron chi connectivity index (χ4n) is 2.33. The molecule has 0 radical (unpaired) electrons. The highest BCUT2D eigenvalue weighted by Crippen LogP contribution is 2.28. The van der Waals surface area contributed by atoms with Gasteiger partial charge in [0.25, 0.3) is 0 Å². The highest BCUT2D eigenvalue weighted by atomic mass is 16.3. The van der Waals surface area contributed by atoms with E-state index in [-0.39, 0.29) is 0 Å². The van der Waals surface area contributed by atoms with Crippen molar-refractivity contribution in [2.45, 2.75) is 12.8 Å². The Morgan fingerprint density at radius 1 is 1.13 bits per heavy atom. The van der Waals surface area contributed by atoms with E-state index in [1.54, 1.807) is 0 Å². The molecule has 0 N–H and O–H groups in total. The summed E-state index contributed by atoms with van der Waals surface area (Å²) in [6.07, 6.45) is 2.16. The number of rotatable bonds is 0. The van der Waals surface area contributed by atoms with Crippen LogP contribution in [0.3, 0.4) is 0 Å². The van der Waals surface area contributed by atoms with Gasteiger partial charge in [0.05, 0.1) is 0 Å². The van der Waals surface area contributed by atoms with Gasteiger partial charge in [0.2, 0.25) is 0 Å². The lowest BCUT2D eigenvalue weighted by molar-refractivity contribution is 0.346. The van der Waals surface area contributed by atoms with Crippen LogP contribution in [0, 0.1) is 0 Å². The minimum atomic E-state index is 1.04. The molecule has 0 saturated heterocycles. The minimum Gasteiger partial charge on any atom is -0.461 e. The average molecular weight is 201 g/mol. The number of benzene rings is 1. The Hall–Kier alpha value is -1.28. The molecule has 0 atom stereocenters. The third-order valence-corrected chi connectivity index (χ3v) is 3.25. The van der Waals surface area contributed by atoms with E-state index in [0.717, 1.165) is 31.5 Å². The van der Waals surface area contributed by atoms with E-state index < -0.39 is 0 Å². The predicted molar refractivity (Wildman–Crippen MR) is 61.1 cm³/mol. The summed E-state index contributed by atoms with van der Waals surface area (Å²) in [5.41, 5.74) is 2.47. The van der Waals surface area contributed by atoms with Crippen molar-refractivity contribution >= 4 is 11.0 Å². The smallest absolute Gasteiger partial charge is 0.134 e. The third-order valence-electron chi connectivity index (χ3n) is 3.25. The molecule has 2 heteroatoms. The highest BCUT2D eigenvalue weighted by molar-refractivity contribution is 5.82. The molecule has 2 heterocycles. The van der Waals surface area contributed by atoms with Gasteiger partial charge in [0.1, 0.15) is 11.3 Å². The Balaban J connectivity index is 2.15. The number of hydrogen-bond acceptors (Lipinski definition) is 2. The largest absolute Gasteiger partial charge is 0.461 e. The van der Waals surface area contributed by atoms with E-state index in [2.05, 4.69) is 30.1 Å². The Morgan fingerprint density at radius 2 is 1.93 bits per heavy atom. The first kappa shape index (κ1) is 8.98. The zero-order valence-corrected chi connectivity index (χ0v) is 8.99. The molecule has 0 fully saturated rings. The molecular weight excluding hydrogens is 186 g/mol. The van der Waals surface area contributed by atoms with Crippen molar-refractivity contribution in [3.8, 4) is 0 Å². The Morgan fingerprint density at radius 3 is 2.87 bits per heavy atom. The summed E-state index contributed by atoms with van der Waals surface area (Å²) >= 11 is 0. The van der Waals surface area contributed by atoms with E-state index in [0.29, 0.717) is 0 Å². The standard InChI is InChI=1S/C13H15NO/c1-14-8-6-11-10-4-2-3-5-12(10)15-13(11)7-9-14/h2-5H,6-9H2,1H3. The van der Waals surface area contributed by atoms with Crippen LogP contribution in [0.15, 0.2) is 28.7 Å². The molecule has 15 heavy (non-hydrogen) atoms. The summed E-state index contributed by atoms with van der Waals surface area (Å²) in [5, 5.41) is 1.31. The molecular formula is C13H15NO. The topological polar surface area (TPSA) is 16.4 Å². The second-order valence-electron chi connectivity index (χ2n) is 4.30. The van der Waals surface area contributed by atoms with E-state index >= 15 is 0 Å². The molecule has 3 rings (SSSR count). The molecule has 0 spiro atoms. The normalized spacial score (nSPS) is 17.7. The number of furan rings is 1. The number of hydrogen-bond donors (Lipinski definition) is 0. The van der Waals surface area contributed by atoms with Crippen molar-refractivity contribution in [3.63, 3.8) is 0 Å². The first-order chi connectivity index (χ1) is 7.34. The van der Waals surface area contributed by atoms with E-state index in [1.807, 2.05) is 6.07 Å². The molecule has 0 amide bonds. The fourth-order valence-corrected chi connectivity index (χ4v) is 2.33. The lowest BCUT2D eigenvalue weighted by Gasteiger charge is -2.11. The Bertz CT molecular complexity index is 486. The van der Waals surface area contributed by atoms with Crippen LogP contribution in [0.1, 0.15) is 11.3 Å². The lowest BCUT2D eigenvalue weighted by Crippen LogP contribution is -2.20. The van der Waals surface area contributed by atoms with Crippen LogP contribution in [-0.4, -0.2) is 25.0 Å². The Kier molecular flexibility index (Phi) is 2.03. The van der Waals surface area contributed by atoms with Gasteiger partial charge in [0.15, 0.2) is 0 Å². The summed E-state index contributed by atoms with van der Waals surface area (Å²) in [5.74, 6) is 1.19. The summed E-state index contributed by atoms with van der Waals surface area (Å²) in [6.45, 7) is 2.24. The van der Waals surface area contributed by atoms with Crippen molar-refractivity contribution in [2.75, 3.05) is 20.1 Å². The van der Waals surface area contributed by atoms with Crippen LogP contribution >= 0.6 is 0 Å². The first-order valence-electron chi connectivity index (χ1n) is 5.52. The van der Waals surface area contributed by atoms with Gasteiger partial charge in [-0.15, -0.1) is 0 Å². The quantitative estimate of drug-likeness (QED) is 0.651. The zero-order chi connectivity index (χ0) is 10.3. The monoisotopic (exact) mass is 201 g/mol. The summed E-state index contributed by atoms with van der Waals surface area (Å²) < 4.78 is 5.89. The van der Waals surface area contributed by atoms with Gasteiger partial charge in [-0.1, -0.05) is 18.2 Å². The van der Waals surface area contributed by atoms with Crippen molar-refractivity contribution in [2.24, 2.45) is 0 Å². The molecule has 2 nitrogen and oxygen atoms in total. The minimum absolute atomic E-state index is 1.04. The molecule has 0 aliphatic carbocycles. The maximum absolute atomic E-state index is 5.89. The van der Waals surface area contributed by atoms with Crippen molar-refractivity contribution in [1.82, 2.24) is 4.90 Å². The van der Waals surface area contributed by atoms with E-state index in [9.17, 15) is 0 Å². The highest BCUT2D eigenvalue weighted by Gasteiger charge is 2.17. The van der Waals surface area contributed by atoms with Crippen LogP contribution in [0.5, 0.6) is 0 Å². The molecule has 0 bridgehead atoms. The van der Waals surface area contributed by atoms with Gasteiger partial charge in [-0.25, -0.2) is 0 Å². The zero-order valence-electron chi connectivity index (χ0n) is 8.99.